The summed E-state index contributed by atoms with van der Waals surface area (Å²) in [4.78, 5) is 11.7. The summed E-state index contributed by atoms with van der Waals surface area (Å²) >= 11 is 0. The number of hydrogen-bond donors (Lipinski definition) is 0. The lowest BCUT2D eigenvalue weighted by Crippen LogP contribution is -2.24. The minimum Gasteiger partial charge on any atom is -0.462 e. The molecule has 2 heteroatoms. The highest BCUT2D eigenvalue weighted by Crippen LogP contribution is 2.27. The van der Waals surface area contributed by atoms with E-state index in [0.717, 1.165) is 19.3 Å². The second kappa shape index (κ2) is 7.88. The molecule has 0 aromatic rings. The Kier molecular flexibility index (Phi) is 7.27. The third-order valence-corrected chi connectivity index (χ3v) is 3.01. The topological polar surface area (TPSA) is 26.3 Å². The third kappa shape index (κ3) is 5.53. The minimum atomic E-state index is -0.323. The number of rotatable bonds is 8. The van der Waals surface area contributed by atoms with E-state index in [0.29, 0.717) is 12.2 Å². The van der Waals surface area contributed by atoms with Crippen molar-refractivity contribution in [1.29, 1.82) is 0 Å². The highest BCUT2D eigenvalue weighted by Gasteiger charge is 2.23. The quantitative estimate of drug-likeness (QED) is 0.361. The zero-order valence-electron chi connectivity index (χ0n) is 11.3. The van der Waals surface area contributed by atoms with Gasteiger partial charge in [-0.3, -0.25) is 0 Å². The first-order valence-electron chi connectivity index (χ1n) is 6.15. The molecule has 0 aliphatic heterocycles. The van der Waals surface area contributed by atoms with Gasteiger partial charge in [0.15, 0.2) is 0 Å². The van der Waals surface area contributed by atoms with E-state index in [4.69, 9.17) is 4.74 Å². The van der Waals surface area contributed by atoms with Crippen LogP contribution in [0.25, 0.3) is 0 Å². The summed E-state index contributed by atoms with van der Waals surface area (Å²) in [5, 5.41) is 0. The van der Waals surface area contributed by atoms with Crippen molar-refractivity contribution in [2.24, 2.45) is 5.41 Å². The lowest BCUT2D eigenvalue weighted by Gasteiger charge is -2.27. The average Bonchev–Trinajstić information content (AvgIpc) is 2.33. The van der Waals surface area contributed by atoms with Gasteiger partial charge in [-0.1, -0.05) is 52.5 Å². The molecule has 96 valence electrons. The summed E-state index contributed by atoms with van der Waals surface area (Å²) in [7, 11) is 0. The molecule has 1 atom stereocenters. The molecule has 0 bridgehead atoms. The molecule has 0 aromatic carbocycles. The fourth-order valence-corrected chi connectivity index (χ4v) is 1.62. The van der Waals surface area contributed by atoms with Crippen LogP contribution in [0.2, 0.25) is 0 Å². The molecule has 0 rings (SSSR count). The molecule has 0 aliphatic rings. The zero-order chi connectivity index (χ0) is 13.3. The van der Waals surface area contributed by atoms with E-state index in [2.05, 4.69) is 33.9 Å². The number of carbonyl (C=O) groups is 1. The van der Waals surface area contributed by atoms with Crippen molar-refractivity contribution in [3.05, 3.63) is 37.0 Å². The molecule has 0 saturated carbocycles. The Labute approximate surface area is 105 Å². The lowest BCUT2D eigenvalue weighted by molar-refractivity contribution is -0.142. The van der Waals surface area contributed by atoms with Crippen LogP contribution in [0.4, 0.5) is 0 Å². The van der Waals surface area contributed by atoms with Gasteiger partial charge >= 0.3 is 5.97 Å². The molecule has 0 aliphatic carbocycles. The maximum atomic E-state index is 11.7. The molecular weight excluding hydrogens is 212 g/mol. The van der Waals surface area contributed by atoms with Gasteiger partial charge in [-0.2, -0.15) is 0 Å². The van der Waals surface area contributed by atoms with Crippen LogP contribution in [-0.2, 0) is 9.53 Å². The number of hydrogen-bond acceptors (Lipinski definition) is 2. The largest absolute Gasteiger partial charge is 0.462 e. The number of ether oxygens (including phenoxy) is 1. The standard InChI is InChI=1S/C15H24O2/c1-6-10-13(8-3)14(16)17-12-15(5,9-4)11-7-2/h6,8,10H,1,3,7,9,11-12H2,2,4-5H3/b13-10+. The van der Waals surface area contributed by atoms with Crippen molar-refractivity contribution < 1.29 is 9.53 Å². The van der Waals surface area contributed by atoms with E-state index in [9.17, 15) is 4.79 Å². The number of carbonyl (C=O) groups excluding carboxylic acids is 1. The Bertz CT molecular complexity index is 302. The molecule has 0 saturated heterocycles. The van der Waals surface area contributed by atoms with Crippen LogP contribution in [0.1, 0.15) is 40.0 Å². The van der Waals surface area contributed by atoms with Gasteiger partial charge in [0.2, 0.25) is 0 Å². The molecule has 0 fully saturated rings. The Morgan fingerprint density at radius 2 is 2.00 bits per heavy atom. The molecule has 2 nitrogen and oxygen atoms in total. The highest BCUT2D eigenvalue weighted by molar-refractivity contribution is 5.91. The number of esters is 1. The van der Waals surface area contributed by atoms with Gasteiger partial charge in [-0.25, -0.2) is 4.79 Å². The van der Waals surface area contributed by atoms with Crippen molar-refractivity contribution >= 4 is 5.97 Å². The molecule has 0 amide bonds. The monoisotopic (exact) mass is 236 g/mol. The fourth-order valence-electron chi connectivity index (χ4n) is 1.62. The van der Waals surface area contributed by atoms with Crippen molar-refractivity contribution in [2.75, 3.05) is 6.61 Å². The molecule has 0 heterocycles. The van der Waals surface area contributed by atoms with Crippen LogP contribution < -0.4 is 0 Å². The smallest absolute Gasteiger partial charge is 0.338 e. The van der Waals surface area contributed by atoms with E-state index < -0.39 is 0 Å². The normalized spacial score (nSPS) is 14.9. The number of allylic oxidation sites excluding steroid dienone is 2. The summed E-state index contributed by atoms with van der Waals surface area (Å²) in [6.45, 7) is 14.0. The first-order chi connectivity index (χ1) is 8.02. The van der Waals surface area contributed by atoms with Crippen LogP contribution in [0, 0.1) is 5.41 Å². The molecule has 0 radical (unpaired) electrons. The Balaban J connectivity index is 4.44. The molecule has 0 aromatic heterocycles. The van der Waals surface area contributed by atoms with Gasteiger partial charge in [-0.15, -0.1) is 0 Å². The fraction of sp³-hybridized carbons (Fsp3) is 0.533. The van der Waals surface area contributed by atoms with Gasteiger partial charge in [-0.05, 0) is 18.9 Å². The van der Waals surface area contributed by atoms with E-state index in [-0.39, 0.29) is 11.4 Å². The molecule has 1 unspecified atom stereocenters. The first kappa shape index (κ1) is 15.7. The van der Waals surface area contributed by atoms with Gasteiger partial charge in [0, 0.05) is 5.41 Å². The molecule has 0 N–H and O–H groups in total. The zero-order valence-corrected chi connectivity index (χ0v) is 11.3. The van der Waals surface area contributed by atoms with E-state index in [1.807, 2.05) is 0 Å². The first-order valence-corrected chi connectivity index (χ1v) is 6.15. The van der Waals surface area contributed by atoms with Crippen molar-refractivity contribution in [3.8, 4) is 0 Å². The van der Waals surface area contributed by atoms with Gasteiger partial charge in [0.1, 0.15) is 0 Å². The van der Waals surface area contributed by atoms with Gasteiger partial charge in [0.25, 0.3) is 0 Å². The lowest BCUT2D eigenvalue weighted by atomic mass is 9.84. The Hall–Kier alpha value is -1.31. The van der Waals surface area contributed by atoms with E-state index >= 15 is 0 Å². The van der Waals surface area contributed by atoms with Gasteiger partial charge < -0.3 is 4.74 Å². The average molecular weight is 236 g/mol. The van der Waals surface area contributed by atoms with Crippen LogP contribution in [-0.4, -0.2) is 12.6 Å². The molecule has 0 spiro atoms. The van der Waals surface area contributed by atoms with E-state index in [1.54, 1.807) is 12.2 Å². The Morgan fingerprint density at radius 1 is 1.35 bits per heavy atom. The van der Waals surface area contributed by atoms with Crippen LogP contribution >= 0.6 is 0 Å². The second-order valence-electron chi connectivity index (χ2n) is 4.55. The van der Waals surface area contributed by atoms with Crippen molar-refractivity contribution in [2.45, 2.75) is 40.0 Å². The predicted molar refractivity (Wildman–Crippen MR) is 72.7 cm³/mol. The second-order valence-corrected chi connectivity index (χ2v) is 4.55. The predicted octanol–water partition coefficient (Wildman–Crippen LogP) is 4.04. The van der Waals surface area contributed by atoms with Crippen molar-refractivity contribution in [3.63, 3.8) is 0 Å². The summed E-state index contributed by atoms with van der Waals surface area (Å²) in [6.07, 6.45) is 7.82. The summed E-state index contributed by atoms with van der Waals surface area (Å²) in [5.74, 6) is -0.323. The van der Waals surface area contributed by atoms with Gasteiger partial charge in [0.05, 0.1) is 12.2 Å². The van der Waals surface area contributed by atoms with E-state index in [1.165, 1.54) is 6.08 Å². The van der Waals surface area contributed by atoms with Crippen LogP contribution in [0.3, 0.4) is 0 Å². The Morgan fingerprint density at radius 3 is 2.41 bits per heavy atom. The van der Waals surface area contributed by atoms with Crippen LogP contribution in [0.15, 0.2) is 37.0 Å². The summed E-state index contributed by atoms with van der Waals surface area (Å²) in [5.41, 5.74) is 0.528. The SMILES string of the molecule is C=C/C=C(\C=C)C(=O)OCC(C)(CC)CCC. The summed E-state index contributed by atoms with van der Waals surface area (Å²) < 4.78 is 5.33. The molecule has 17 heavy (non-hydrogen) atoms. The molecular formula is C15H24O2. The van der Waals surface area contributed by atoms with Crippen molar-refractivity contribution in [1.82, 2.24) is 0 Å². The summed E-state index contributed by atoms with van der Waals surface area (Å²) in [6, 6.07) is 0. The third-order valence-electron chi connectivity index (χ3n) is 3.01. The van der Waals surface area contributed by atoms with Crippen LogP contribution in [0.5, 0.6) is 0 Å². The maximum Gasteiger partial charge on any atom is 0.338 e. The highest BCUT2D eigenvalue weighted by atomic mass is 16.5. The minimum absolute atomic E-state index is 0.0743. The maximum absolute atomic E-state index is 11.7.